The Kier molecular flexibility index (Phi) is 5.00. The van der Waals surface area contributed by atoms with Crippen LogP contribution in [-0.4, -0.2) is 16.9 Å². The number of aliphatic hydroxyl groups is 1. The molecule has 0 saturated carbocycles. The van der Waals surface area contributed by atoms with Gasteiger partial charge in [-0.05, 0) is 47.5 Å². The number of nitrogens with one attached hydrogen (secondary N) is 1. The van der Waals surface area contributed by atoms with Gasteiger partial charge >= 0.3 is 0 Å². The Bertz CT molecular complexity index is 974. The number of halogens is 1. The third-order valence-corrected chi connectivity index (χ3v) is 4.19. The number of carbonyl (C=O) groups excluding carboxylic acids is 2. The van der Waals surface area contributed by atoms with E-state index in [2.05, 4.69) is 5.32 Å². The van der Waals surface area contributed by atoms with Gasteiger partial charge in [0.2, 0.25) is 0 Å². The molecule has 3 aromatic rings. The quantitative estimate of drug-likeness (QED) is 0.650. The van der Waals surface area contributed by atoms with Crippen molar-refractivity contribution in [3.8, 4) is 0 Å². The van der Waals surface area contributed by atoms with Crippen molar-refractivity contribution in [2.75, 3.05) is 5.32 Å². The van der Waals surface area contributed by atoms with Gasteiger partial charge in [-0.3, -0.25) is 9.59 Å². The number of rotatable bonds is 5. The molecule has 136 valence electrons. The maximum Gasteiger partial charge on any atom is 0.258 e. The second-order valence-electron chi connectivity index (χ2n) is 5.98. The maximum absolute atomic E-state index is 13.0. The molecule has 0 heterocycles. The first-order valence-electron chi connectivity index (χ1n) is 8.16. The van der Waals surface area contributed by atoms with E-state index < -0.39 is 23.2 Å². The van der Waals surface area contributed by atoms with Crippen LogP contribution in [0.15, 0.2) is 78.9 Å². The molecule has 5 nitrogen and oxygen atoms in total. The highest BCUT2D eigenvalue weighted by Crippen LogP contribution is 2.31. The van der Waals surface area contributed by atoms with Crippen LogP contribution in [0.25, 0.3) is 0 Å². The van der Waals surface area contributed by atoms with E-state index in [-0.39, 0.29) is 11.1 Å². The molecule has 4 N–H and O–H groups in total. The summed E-state index contributed by atoms with van der Waals surface area (Å²) in [5.41, 5.74) is 4.61. The highest BCUT2D eigenvalue weighted by molar-refractivity contribution is 6.04. The highest BCUT2D eigenvalue weighted by Gasteiger charge is 2.38. The Hall–Kier alpha value is -3.51. The smallest absolute Gasteiger partial charge is 0.258 e. The molecule has 0 aliphatic rings. The first-order valence-corrected chi connectivity index (χ1v) is 8.16. The summed E-state index contributed by atoms with van der Waals surface area (Å²) in [6.45, 7) is 0. The molecule has 0 spiro atoms. The van der Waals surface area contributed by atoms with Gasteiger partial charge in [-0.25, -0.2) is 4.39 Å². The largest absolute Gasteiger partial charge is 0.372 e. The molecule has 0 fully saturated rings. The van der Waals surface area contributed by atoms with E-state index in [0.717, 1.165) is 0 Å². The number of primary amides is 1. The van der Waals surface area contributed by atoms with Gasteiger partial charge in [0.05, 0.1) is 0 Å². The zero-order chi connectivity index (χ0) is 19.4. The normalized spacial score (nSPS) is 12.8. The minimum Gasteiger partial charge on any atom is -0.372 e. The summed E-state index contributed by atoms with van der Waals surface area (Å²) in [6.07, 6.45) is 0. The minimum atomic E-state index is -2.04. The van der Waals surface area contributed by atoms with Crippen LogP contribution in [0.3, 0.4) is 0 Å². The summed E-state index contributed by atoms with van der Waals surface area (Å²) in [5.74, 6) is -1.83. The predicted molar refractivity (Wildman–Crippen MR) is 99.4 cm³/mol. The molecule has 0 radical (unpaired) electrons. The summed E-state index contributed by atoms with van der Waals surface area (Å²) in [4.78, 5) is 24.4. The van der Waals surface area contributed by atoms with E-state index in [0.29, 0.717) is 11.3 Å². The van der Waals surface area contributed by atoms with E-state index in [9.17, 15) is 19.1 Å². The molecule has 6 heteroatoms. The minimum absolute atomic E-state index is 0.220. The topological polar surface area (TPSA) is 92.4 Å². The van der Waals surface area contributed by atoms with Gasteiger partial charge < -0.3 is 16.2 Å². The fraction of sp³-hybridized carbons (Fsp3) is 0.0476. The lowest BCUT2D eigenvalue weighted by Gasteiger charge is -2.26. The zero-order valence-electron chi connectivity index (χ0n) is 14.2. The monoisotopic (exact) mass is 364 g/mol. The first-order chi connectivity index (χ1) is 12.9. The van der Waals surface area contributed by atoms with Gasteiger partial charge in [-0.2, -0.15) is 0 Å². The summed E-state index contributed by atoms with van der Waals surface area (Å²) in [6, 6.07) is 19.6. The summed E-state index contributed by atoms with van der Waals surface area (Å²) in [7, 11) is 0. The van der Waals surface area contributed by atoms with Crippen LogP contribution < -0.4 is 11.1 Å². The van der Waals surface area contributed by atoms with Gasteiger partial charge in [-0.1, -0.05) is 42.5 Å². The molecule has 0 aromatic heterocycles. The van der Waals surface area contributed by atoms with E-state index >= 15 is 0 Å². The van der Waals surface area contributed by atoms with Crippen LogP contribution in [0.1, 0.15) is 21.5 Å². The van der Waals surface area contributed by atoms with Crippen LogP contribution >= 0.6 is 0 Å². The highest BCUT2D eigenvalue weighted by atomic mass is 19.1. The maximum atomic E-state index is 13.0. The van der Waals surface area contributed by atoms with Gasteiger partial charge in [0, 0.05) is 11.3 Å². The van der Waals surface area contributed by atoms with Crippen LogP contribution in [0.2, 0.25) is 0 Å². The molecular formula is C21H17FN2O3. The lowest BCUT2D eigenvalue weighted by molar-refractivity contribution is -0.133. The second kappa shape index (κ2) is 7.39. The van der Waals surface area contributed by atoms with E-state index in [4.69, 9.17) is 5.73 Å². The summed E-state index contributed by atoms with van der Waals surface area (Å²) < 4.78 is 13.0. The number of amides is 2. The predicted octanol–water partition coefficient (Wildman–Crippen LogP) is 2.80. The Morgan fingerprint density at radius 3 is 2.15 bits per heavy atom. The first kappa shape index (κ1) is 18.3. The standard InChI is InChI=1S/C21H17FN2O3/c22-17-11-9-14(10-12-17)19(25)24-18-8-4-7-16(13-18)21(27,20(23)26)15-5-2-1-3-6-15/h1-13,27H,(H2,23,26)(H,24,25). The van der Waals surface area contributed by atoms with Crippen molar-refractivity contribution >= 4 is 17.5 Å². The Balaban J connectivity index is 1.93. The van der Waals surface area contributed by atoms with Crippen LogP contribution in [0.4, 0.5) is 10.1 Å². The SMILES string of the molecule is NC(=O)C(O)(c1ccccc1)c1cccc(NC(=O)c2ccc(F)cc2)c1. The zero-order valence-corrected chi connectivity index (χ0v) is 14.2. The van der Waals surface area contributed by atoms with Crippen LogP contribution in [-0.2, 0) is 10.4 Å². The Morgan fingerprint density at radius 2 is 1.52 bits per heavy atom. The number of carbonyl (C=O) groups is 2. The fourth-order valence-corrected chi connectivity index (χ4v) is 2.76. The number of nitrogens with two attached hydrogens (primary N) is 1. The van der Waals surface area contributed by atoms with Crippen molar-refractivity contribution in [3.05, 3.63) is 101 Å². The number of hydrogen-bond acceptors (Lipinski definition) is 3. The van der Waals surface area contributed by atoms with E-state index in [1.165, 1.54) is 30.3 Å². The lowest BCUT2D eigenvalue weighted by atomic mass is 9.85. The summed E-state index contributed by atoms with van der Waals surface area (Å²) >= 11 is 0. The number of anilines is 1. The molecule has 1 atom stereocenters. The number of benzene rings is 3. The van der Waals surface area contributed by atoms with Gasteiger partial charge in [0.25, 0.3) is 11.8 Å². The van der Waals surface area contributed by atoms with Crippen LogP contribution in [0, 0.1) is 5.82 Å². The lowest BCUT2D eigenvalue weighted by Crippen LogP contribution is -2.42. The molecule has 3 rings (SSSR count). The molecule has 3 aromatic carbocycles. The van der Waals surface area contributed by atoms with Crippen molar-refractivity contribution in [1.82, 2.24) is 0 Å². The Morgan fingerprint density at radius 1 is 0.889 bits per heavy atom. The average Bonchev–Trinajstić information content (AvgIpc) is 2.68. The van der Waals surface area contributed by atoms with Gasteiger partial charge in [0.1, 0.15) is 5.82 Å². The molecule has 0 aliphatic carbocycles. The van der Waals surface area contributed by atoms with Crippen molar-refractivity contribution in [1.29, 1.82) is 0 Å². The van der Waals surface area contributed by atoms with Crippen molar-refractivity contribution < 1.29 is 19.1 Å². The second-order valence-corrected chi connectivity index (χ2v) is 5.98. The molecule has 27 heavy (non-hydrogen) atoms. The van der Waals surface area contributed by atoms with Gasteiger partial charge in [0.15, 0.2) is 5.60 Å². The summed E-state index contributed by atoms with van der Waals surface area (Å²) in [5, 5.41) is 13.7. The van der Waals surface area contributed by atoms with Crippen molar-refractivity contribution in [2.24, 2.45) is 5.73 Å². The average molecular weight is 364 g/mol. The third kappa shape index (κ3) is 3.70. The molecule has 0 aliphatic heterocycles. The van der Waals surface area contributed by atoms with Gasteiger partial charge in [-0.15, -0.1) is 0 Å². The molecule has 1 unspecified atom stereocenters. The Labute approximate surface area is 155 Å². The van der Waals surface area contributed by atoms with E-state index in [1.54, 1.807) is 48.5 Å². The van der Waals surface area contributed by atoms with Crippen molar-refractivity contribution in [3.63, 3.8) is 0 Å². The third-order valence-electron chi connectivity index (χ3n) is 4.19. The molecule has 2 amide bonds. The van der Waals surface area contributed by atoms with E-state index in [1.807, 2.05) is 0 Å². The fourth-order valence-electron chi connectivity index (χ4n) is 2.76. The number of hydrogen-bond donors (Lipinski definition) is 3. The molecule has 0 saturated heterocycles. The van der Waals surface area contributed by atoms with Crippen molar-refractivity contribution in [2.45, 2.75) is 5.60 Å². The molecule has 0 bridgehead atoms. The molecular weight excluding hydrogens is 347 g/mol. The van der Waals surface area contributed by atoms with Crippen LogP contribution in [0.5, 0.6) is 0 Å².